The summed E-state index contributed by atoms with van der Waals surface area (Å²) in [6.45, 7) is 11.4. The number of hydrogen-bond donors (Lipinski definition) is 0. The standard InChI is InChI=1S/C28H32/c1-6-20-7-13-26(19(2)15-20)23-9-8-21(16-23)22-12-14-27-24(17-22)10-11-25(27)18-28(3,4)5/h7,9-17,25H,6,8,18H2,1-5H3. The molecule has 2 aliphatic carbocycles. The molecule has 0 bridgehead atoms. The summed E-state index contributed by atoms with van der Waals surface area (Å²) in [4.78, 5) is 0. The van der Waals surface area contributed by atoms with E-state index in [2.05, 4.69) is 95.3 Å². The lowest BCUT2D eigenvalue weighted by Crippen LogP contribution is -2.09. The van der Waals surface area contributed by atoms with Crippen LogP contribution in [-0.4, -0.2) is 0 Å². The Morgan fingerprint density at radius 1 is 1.04 bits per heavy atom. The van der Waals surface area contributed by atoms with Crippen molar-refractivity contribution in [1.29, 1.82) is 0 Å². The van der Waals surface area contributed by atoms with E-state index in [4.69, 9.17) is 0 Å². The average Bonchev–Trinajstić information content (AvgIpc) is 3.27. The quantitative estimate of drug-likeness (QED) is 0.513. The van der Waals surface area contributed by atoms with Crippen LogP contribution in [0.2, 0.25) is 0 Å². The van der Waals surface area contributed by atoms with Crippen LogP contribution in [-0.2, 0) is 6.42 Å². The molecule has 0 heteroatoms. The summed E-state index contributed by atoms with van der Waals surface area (Å²) in [6.07, 6.45) is 12.8. The van der Waals surface area contributed by atoms with Gasteiger partial charge in [-0.05, 0) is 82.2 Å². The minimum atomic E-state index is 0.354. The van der Waals surface area contributed by atoms with Crippen molar-refractivity contribution < 1.29 is 0 Å². The van der Waals surface area contributed by atoms with E-state index in [1.54, 1.807) is 0 Å². The number of aryl methyl sites for hydroxylation is 2. The molecule has 0 saturated heterocycles. The second-order valence-electron chi connectivity index (χ2n) is 9.61. The number of benzene rings is 2. The number of allylic oxidation sites excluding steroid dienone is 5. The zero-order valence-corrected chi connectivity index (χ0v) is 18.0. The van der Waals surface area contributed by atoms with E-state index in [-0.39, 0.29) is 0 Å². The van der Waals surface area contributed by atoms with Gasteiger partial charge in [0.15, 0.2) is 0 Å². The Morgan fingerprint density at radius 3 is 2.57 bits per heavy atom. The monoisotopic (exact) mass is 368 g/mol. The van der Waals surface area contributed by atoms with Crippen LogP contribution in [0, 0.1) is 12.3 Å². The highest BCUT2D eigenvalue weighted by Gasteiger charge is 2.24. The Balaban J connectivity index is 1.57. The van der Waals surface area contributed by atoms with Crippen molar-refractivity contribution in [2.45, 2.75) is 59.8 Å². The van der Waals surface area contributed by atoms with Gasteiger partial charge in [-0.1, -0.05) is 82.3 Å². The highest BCUT2D eigenvalue weighted by atomic mass is 14.3. The van der Waals surface area contributed by atoms with Gasteiger partial charge in [-0.3, -0.25) is 0 Å². The van der Waals surface area contributed by atoms with Crippen molar-refractivity contribution in [2.75, 3.05) is 0 Å². The largest absolute Gasteiger partial charge is 0.0764 e. The molecule has 1 unspecified atom stereocenters. The maximum absolute atomic E-state index is 2.39. The molecule has 0 aromatic heterocycles. The maximum atomic E-state index is 2.39. The van der Waals surface area contributed by atoms with E-state index in [1.807, 2.05) is 0 Å². The molecule has 1 atom stereocenters. The highest BCUT2D eigenvalue weighted by molar-refractivity contribution is 5.90. The molecule has 2 aromatic carbocycles. The predicted molar refractivity (Wildman–Crippen MR) is 123 cm³/mol. The third-order valence-corrected chi connectivity index (χ3v) is 6.08. The minimum absolute atomic E-state index is 0.354. The summed E-state index contributed by atoms with van der Waals surface area (Å²) in [5, 5.41) is 0. The van der Waals surface area contributed by atoms with Gasteiger partial charge in [0.1, 0.15) is 0 Å². The summed E-state index contributed by atoms with van der Waals surface area (Å²) in [6, 6.07) is 14.0. The van der Waals surface area contributed by atoms with E-state index < -0.39 is 0 Å². The van der Waals surface area contributed by atoms with Gasteiger partial charge in [0.25, 0.3) is 0 Å². The van der Waals surface area contributed by atoms with E-state index >= 15 is 0 Å². The molecular formula is C28H32. The van der Waals surface area contributed by atoms with Gasteiger partial charge in [0.05, 0.1) is 0 Å². The van der Waals surface area contributed by atoms with Gasteiger partial charge in [-0.15, -0.1) is 0 Å². The fourth-order valence-electron chi connectivity index (χ4n) is 4.60. The van der Waals surface area contributed by atoms with Crippen molar-refractivity contribution in [2.24, 2.45) is 5.41 Å². The topological polar surface area (TPSA) is 0 Å². The van der Waals surface area contributed by atoms with E-state index in [0.717, 1.165) is 12.8 Å². The molecular weight excluding hydrogens is 336 g/mol. The first-order valence-corrected chi connectivity index (χ1v) is 10.7. The maximum Gasteiger partial charge on any atom is 0.00322 e. The van der Waals surface area contributed by atoms with Crippen LogP contribution in [0.1, 0.15) is 79.8 Å². The Morgan fingerprint density at radius 2 is 1.86 bits per heavy atom. The minimum Gasteiger partial charge on any atom is -0.0764 e. The molecule has 2 aromatic rings. The van der Waals surface area contributed by atoms with Crippen LogP contribution < -0.4 is 0 Å². The van der Waals surface area contributed by atoms with Crippen molar-refractivity contribution in [3.05, 3.63) is 88.0 Å². The lowest BCUT2D eigenvalue weighted by molar-refractivity contribution is 0.362. The van der Waals surface area contributed by atoms with Gasteiger partial charge < -0.3 is 0 Å². The van der Waals surface area contributed by atoms with Gasteiger partial charge in [0, 0.05) is 5.92 Å². The SMILES string of the molecule is CCc1ccc(C2=CCC(c3ccc4c(c3)C=CC4CC(C)(C)C)=C2)c(C)c1. The first-order valence-electron chi connectivity index (χ1n) is 10.7. The summed E-state index contributed by atoms with van der Waals surface area (Å²) in [5.41, 5.74) is 11.6. The summed E-state index contributed by atoms with van der Waals surface area (Å²) >= 11 is 0. The zero-order valence-electron chi connectivity index (χ0n) is 18.0. The molecule has 2 aliphatic rings. The first-order chi connectivity index (χ1) is 13.3. The molecule has 0 aliphatic heterocycles. The Kier molecular flexibility index (Phi) is 4.91. The second kappa shape index (κ2) is 7.24. The average molecular weight is 369 g/mol. The van der Waals surface area contributed by atoms with E-state index in [9.17, 15) is 0 Å². The van der Waals surface area contributed by atoms with Crippen LogP contribution in [0.25, 0.3) is 17.2 Å². The fourth-order valence-corrected chi connectivity index (χ4v) is 4.60. The summed E-state index contributed by atoms with van der Waals surface area (Å²) in [5.74, 6) is 0.565. The van der Waals surface area contributed by atoms with Crippen molar-refractivity contribution in [3.63, 3.8) is 0 Å². The van der Waals surface area contributed by atoms with Crippen LogP contribution in [0.3, 0.4) is 0 Å². The molecule has 0 saturated carbocycles. The smallest absolute Gasteiger partial charge is 0.00322 e. The normalized spacial score (nSPS) is 18.2. The Bertz CT molecular complexity index is 989. The van der Waals surface area contributed by atoms with Crippen LogP contribution in [0.5, 0.6) is 0 Å². The predicted octanol–water partition coefficient (Wildman–Crippen LogP) is 7.97. The molecule has 0 fully saturated rings. The van der Waals surface area contributed by atoms with Crippen molar-refractivity contribution >= 4 is 17.2 Å². The third-order valence-electron chi connectivity index (χ3n) is 6.08. The van der Waals surface area contributed by atoms with Gasteiger partial charge in [-0.25, -0.2) is 0 Å². The summed E-state index contributed by atoms with van der Waals surface area (Å²) < 4.78 is 0. The number of rotatable bonds is 4. The summed E-state index contributed by atoms with van der Waals surface area (Å²) in [7, 11) is 0. The molecule has 4 rings (SSSR count). The van der Waals surface area contributed by atoms with Crippen LogP contribution in [0.15, 0.2) is 54.6 Å². The number of hydrogen-bond acceptors (Lipinski definition) is 0. The Hall–Kier alpha value is -2.34. The van der Waals surface area contributed by atoms with E-state index in [0.29, 0.717) is 11.3 Å². The van der Waals surface area contributed by atoms with Crippen molar-refractivity contribution in [3.8, 4) is 0 Å². The van der Waals surface area contributed by atoms with Crippen LogP contribution in [0.4, 0.5) is 0 Å². The Labute approximate surface area is 170 Å². The molecule has 144 valence electrons. The van der Waals surface area contributed by atoms with Gasteiger partial charge >= 0.3 is 0 Å². The fraction of sp³-hybridized carbons (Fsp3) is 0.357. The molecule has 0 amide bonds. The van der Waals surface area contributed by atoms with Gasteiger partial charge in [0.2, 0.25) is 0 Å². The molecule has 0 N–H and O–H groups in total. The van der Waals surface area contributed by atoms with Gasteiger partial charge in [-0.2, -0.15) is 0 Å². The highest BCUT2D eigenvalue weighted by Crippen LogP contribution is 2.41. The molecule has 28 heavy (non-hydrogen) atoms. The lowest BCUT2D eigenvalue weighted by Gasteiger charge is -2.23. The zero-order chi connectivity index (χ0) is 19.9. The second-order valence-corrected chi connectivity index (χ2v) is 9.61. The first kappa shape index (κ1) is 19.0. The van der Waals surface area contributed by atoms with E-state index in [1.165, 1.54) is 50.9 Å². The lowest BCUT2D eigenvalue weighted by atomic mass is 9.82. The molecule has 0 nitrogen and oxygen atoms in total. The van der Waals surface area contributed by atoms with Crippen molar-refractivity contribution in [1.82, 2.24) is 0 Å². The molecule has 0 radical (unpaired) electrons. The number of fused-ring (bicyclic) bond motifs is 1. The van der Waals surface area contributed by atoms with Crippen LogP contribution >= 0.6 is 0 Å². The molecule has 0 spiro atoms. The molecule has 0 heterocycles. The third kappa shape index (κ3) is 3.78.